The van der Waals surface area contributed by atoms with Crippen LogP contribution in [0.1, 0.15) is 24.5 Å². The average Bonchev–Trinajstić information content (AvgIpc) is 3.54. The van der Waals surface area contributed by atoms with E-state index in [1.54, 1.807) is 23.2 Å². The Morgan fingerprint density at radius 2 is 1.85 bits per heavy atom. The summed E-state index contributed by atoms with van der Waals surface area (Å²) < 4.78 is 15.1. The number of nitrogens with zero attached hydrogens (tertiary/aromatic N) is 4. The number of aromatic amines is 1. The number of carbonyl (C=O) groups excluding carboxylic acids is 3. The van der Waals surface area contributed by atoms with Crippen LogP contribution in [0.4, 0.5) is 10.1 Å². The van der Waals surface area contributed by atoms with E-state index in [-0.39, 0.29) is 30.8 Å². The fraction of sp³-hybridized carbons (Fsp3) is 0.310. The van der Waals surface area contributed by atoms with Crippen LogP contribution < -0.4 is 10.2 Å². The van der Waals surface area contributed by atoms with Gasteiger partial charge < -0.3 is 25.0 Å². The lowest BCUT2D eigenvalue weighted by Crippen LogP contribution is -2.49. The van der Waals surface area contributed by atoms with Crippen LogP contribution in [-0.2, 0) is 20.8 Å². The van der Waals surface area contributed by atoms with E-state index >= 15 is 4.39 Å². The van der Waals surface area contributed by atoms with Crippen LogP contribution in [0.25, 0.3) is 16.5 Å². The van der Waals surface area contributed by atoms with Gasteiger partial charge in [0.25, 0.3) is 0 Å². The number of para-hydroxylation sites is 1. The Hall–Kier alpha value is -4.65. The fourth-order valence-corrected chi connectivity index (χ4v) is 4.99. The molecule has 0 spiro atoms. The molecule has 202 valence electrons. The van der Waals surface area contributed by atoms with Crippen molar-refractivity contribution in [1.29, 1.82) is 5.26 Å². The van der Waals surface area contributed by atoms with Gasteiger partial charge in [-0.15, -0.1) is 0 Å². The van der Waals surface area contributed by atoms with E-state index in [0.717, 1.165) is 16.5 Å². The number of Topliss-reactive ketones (excluding diaryl/α,β-unsaturated/α-hetero) is 1. The summed E-state index contributed by atoms with van der Waals surface area (Å²) in [4.78, 5) is 45.1. The number of benzene rings is 2. The minimum Gasteiger partial charge on any atom is -0.366 e. The van der Waals surface area contributed by atoms with Crippen LogP contribution in [-0.4, -0.2) is 71.8 Å². The third-order valence-corrected chi connectivity index (χ3v) is 7.00. The van der Waals surface area contributed by atoms with Crippen molar-refractivity contribution in [2.75, 3.05) is 44.3 Å². The molecule has 0 aliphatic carbocycles. The highest BCUT2D eigenvalue weighted by molar-refractivity contribution is 6.23. The zero-order valence-corrected chi connectivity index (χ0v) is 21.8. The largest absolute Gasteiger partial charge is 0.366 e. The summed E-state index contributed by atoms with van der Waals surface area (Å²) in [6.45, 7) is 7.45. The van der Waals surface area contributed by atoms with Gasteiger partial charge >= 0.3 is 0 Å². The van der Waals surface area contributed by atoms with Gasteiger partial charge in [0.15, 0.2) is 5.78 Å². The SMILES string of the molecule is C#N.CC(=O)NCN1C=C(c2ccc(N3CCN(C(=O)CCc4c[nH]c5ccccc45)CC3)c(F)c2)C(=O)C1. The van der Waals surface area contributed by atoms with E-state index in [2.05, 4.69) is 22.9 Å². The van der Waals surface area contributed by atoms with Gasteiger partial charge in [0.2, 0.25) is 11.8 Å². The topological polar surface area (TPSA) is 113 Å². The number of hydrogen-bond acceptors (Lipinski definition) is 6. The van der Waals surface area contributed by atoms with E-state index in [0.29, 0.717) is 55.8 Å². The van der Waals surface area contributed by atoms with E-state index in [4.69, 9.17) is 5.26 Å². The quantitative estimate of drug-likeness (QED) is 0.486. The molecule has 3 heterocycles. The number of nitriles is 1. The second-order valence-corrected chi connectivity index (χ2v) is 9.50. The van der Waals surface area contributed by atoms with Crippen LogP contribution in [0.3, 0.4) is 0 Å². The van der Waals surface area contributed by atoms with Crippen LogP contribution in [0, 0.1) is 17.7 Å². The molecule has 0 bridgehead atoms. The Morgan fingerprint density at radius 1 is 1.10 bits per heavy atom. The van der Waals surface area contributed by atoms with Crippen molar-refractivity contribution in [2.24, 2.45) is 0 Å². The maximum absolute atomic E-state index is 15.1. The summed E-state index contributed by atoms with van der Waals surface area (Å²) in [5.41, 5.74) is 3.63. The number of H-pyrrole nitrogens is 1. The normalized spacial score (nSPS) is 15.1. The standard InChI is InChI=1S/C28H30FN5O3.CHN/c1-19(35)31-18-32-16-23(27(36)17-32)20-6-8-26(24(29)14-20)33-10-12-34(13-11-33)28(37)9-7-21-15-30-25-5-3-2-4-22(21)25;1-2/h2-6,8,14-16,30H,7,9-13,17-18H2,1H3,(H,31,35);1H. The first-order valence-electron chi connectivity index (χ1n) is 12.8. The number of aryl methyl sites for hydroxylation is 1. The molecule has 2 N–H and O–H groups in total. The van der Waals surface area contributed by atoms with Gasteiger partial charge in [-0.05, 0) is 35.7 Å². The molecule has 0 atom stereocenters. The molecule has 0 radical (unpaired) electrons. The van der Waals surface area contributed by atoms with E-state index < -0.39 is 5.82 Å². The van der Waals surface area contributed by atoms with Gasteiger partial charge in [0.05, 0.1) is 18.9 Å². The van der Waals surface area contributed by atoms with Crippen molar-refractivity contribution < 1.29 is 18.8 Å². The van der Waals surface area contributed by atoms with E-state index in [1.807, 2.05) is 34.2 Å². The molecule has 1 fully saturated rings. The Bertz CT molecular complexity index is 1420. The molecule has 1 saturated heterocycles. The van der Waals surface area contributed by atoms with Gasteiger partial charge in [0, 0.05) is 75.0 Å². The Morgan fingerprint density at radius 3 is 2.56 bits per heavy atom. The summed E-state index contributed by atoms with van der Waals surface area (Å²) in [5, 5.41) is 10.3. The molecule has 5 rings (SSSR count). The van der Waals surface area contributed by atoms with Crippen LogP contribution in [0.15, 0.2) is 54.9 Å². The second kappa shape index (κ2) is 12.3. The number of rotatable bonds is 7. The van der Waals surface area contributed by atoms with Crippen molar-refractivity contribution in [3.63, 3.8) is 0 Å². The van der Waals surface area contributed by atoms with Crippen molar-refractivity contribution in [3.8, 4) is 6.57 Å². The summed E-state index contributed by atoms with van der Waals surface area (Å²) in [5.74, 6) is -0.583. The first-order chi connectivity index (χ1) is 18.9. The van der Waals surface area contributed by atoms with Crippen LogP contribution in [0.5, 0.6) is 0 Å². The number of nitrogens with one attached hydrogen (secondary N) is 2. The first kappa shape index (κ1) is 27.4. The predicted molar refractivity (Wildman–Crippen MR) is 147 cm³/mol. The number of aromatic nitrogens is 1. The zero-order valence-electron chi connectivity index (χ0n) is 21.8. The Kier molecular flexibility index (Phi) is 8.61. The van der Waals surface area contributed by atoms with Gasteiger partial charge in [0.1, 0.15) is 5.82 Å². The minimum atomic E-state index is -0.398. The molecule has 2 aliphatic heterocycles. The smallest absolute Gasteiger partial charge is 0.223 e. The van der Waals surface area contributed by atoms with Crippen LogP contribution >= 0.6 is 0 Å². The maximum Gasteiger partial charge on any atom is 0.223 e. The summed E-state index contributed by atoms with van der Waals surface area (Å²) in [6, 6.07) is 12.9. The van der Waals surface area contributed by atoms with Crippen molar-refractivity contribution >= 4 is 39.8 Å². The zero-order chi connectivity index (χ0) is 27.9. The monoisotopic (exact) mass is 530 g/mol. The third kappa shape index (κ3) is 6.26. The molecule has 0 saturated carbocycles. The molecule has 9 nitrogen and oxygen atoms in total. The number of carbonyl (C=O) groups is 3. The minimum absolute atomic E-state index is 0.108. The molecule has 2 amide bonds. The van der Waals surface area contributed by atoms with Crippen molar-refractivity contribution in [3.05, 3.63) is 71.8 Å². The molecule has 3 aromatic rings. The lowest BCUT2D eigenvalue weighted by atomic mass is 10.0. The molecular weight excluding hydrogens is 499 g/mol. The van der Waals surface area contributed by atoms with Crippen molar-refractivity contribution in [1.82, 2.24) is 20.1 Å². The number of piperazine rings is 1. The predicted octanol–water partition coefficient (Wildman–Crippen LogP) is 3.05. The highest BCUT2D eigenvalue weighted by Crippen LogP contribution is 2.28. The summed E-state index contributed by atoms with van der Waals surface area (Å²) in [6.07, 6.45) is 4.74. The van der Waals surface area contributed by atoms with Gasteiger partial charge in [-0.1, -0.05) is 24.3 Å². The summed E-state index contributed by atoms with van der Waals surface area (Å²) in [7, 11) is 0. The van der Waals surface area contributed by atoms with Crippen LogP contribution in [0.2, 0.25) is 0 Å². The van der Waals surface area contributed by atoms with Gasteiger partial charge in [-0.2, -0.15) is 0 Å². The number of anilines is 1. The van der Waals surface area contributed by atoms with E-state index in [9.17, 15) is 14.4 Å². The maximum atomic E-state index is 15.1. The number of fused-ring (bicyclic) bond motifs is 1. The molecule has 1 aromatic heterocycles. The average molecular weight is 531 g/mol. The second-order valence-electron chi connectivity index (χ2n) is 9.50. The Labute approximate surface area is 226 Å². The highest BCUT2D eigenvalue weighted by Gasteiger charge is 2.26. The molecule has 2 aromatic carbocycles. The highest BCUT2D eigenvalue weighted by atomic mass is 19.1. The third-order valence-electron chi connectivity index (χ3n) is 7.00. The van der Waals surface area contributed by atoms with Crippen molar-refractivity contribution in [2.45, 2.75) is 19.8 Å². The van der Waals surface area contributed by atoms with Gasteiger partial charge in [-0.25, -0.2) is 9.65 Å². The number of halogens is 1. The lowest BCUT2D eigenvalue weighted by Gasteiger charge is -2.36. The fourth-order valence-electron chi connectivity index (χ4n) is 4.99. The Balaban J connectivity index is 0.00000172. The molecule has 2 aliphatic rings. The number of hydrogen-bond donors (Lipinski definition) is 2. The molecule has 39 heavy (non-hydrogen) atoms. The number of amides is 2. The molecule has 0 unspecified atom stereocenters. The first-order valence-corrected chi connectivity index (χ1v) is 12.8. The van der Waals surface area contributed by atoms with Gasteiger partial charge in [-0.3, -0.25) is 14.4 Å². The molecular formula is C29H31FN6O3. The molecule has 10 heteroatoms. The summed E-state index contributed by atoms with van der Waals surface area (Å²) >= 11 is 0. The van der Waals surface area contributed by atoms with E-state index in [1.165, 1.54) is 13.0 Å². The lowest BCUT2D eigenvalue weighted by molar-refractivity contribution is -0.131. The number of ketones is 1.